The van der Waals surface area contributed by atoms with E-state index in [4.69, 9.17) is 0 Å². The molecule has 2 rings (SSSR count). The van der Waals surface area contributed by atoms with Gasteiger partial charge in [-0.1, -0.05) is 11.8 Å². The van der Waals surface area contributed by atoms with Crippen LogP contribution in [0.1, 0.15) is 11.1 Å². The number of hydrogen-bond donors (Lipinski definition) is 1. The van der Waals surface area contributed by atoms with Crippen molar-refractivity contribution in [3.8, 4) is 11.8 Å². The lowest BCUT2D eigenvalue weighted by Crippen LogP contribution is -2.40. The maximum Gasteiger partial charge on any atom is 0.416 e. The van der Waals surface area contributed by atoms with Gasteiger partial charge in [-0.05, 0) is 24.3 Å². The van der Waals surface area contributed by atoms with Gasteiger partial charge in [0.15, 0.2) is 0 Å². The molecule has 0 unspecified atom stereocenters. The zero-order chi connectivity index (χ0) is 11.6. The van der Waals surface area contributed by atoms with Crippen LogP contribution < -0.4 is 5.32 Å². The quantitative estimate of drug-likeness (QED) is 0.668. The minimum absolute atomic E-state index is 0.335. The molecule has 1 aliphatic rings. The van der Waals surface area contributed by atoms with E-state index in [0.29, 0.717) is 11.5 Å². The van der Waals surface area contributed by atoms with Gasteiger partial charge in [-0.2, -0.15) is 13.2 Å². The van der Waals surface area contributed by atoms with Crippen LogP contribution in [0.25, 0.3) is 0 Å². The normalized spacial score (nSPS) is 16.2. The molecule has 0 radical (unpaired) electrons. The van der Waals surface area contributed by atoms with E-state index in [1.807, 2.05) is 0 Å². The molecule has 0 aromatic heterocycles. The first-order valence-corrected chi connectivity index (χ1v) is 4.95. The third kappa shape index (κ3) is 2.56. The Bertz CT molecular complexity index is 418. The molecule has 1 aliphatic heterocycles. The second-order valence-electron chi connectivity index (χ2n) is 3.70. The highest BCUT2D eigenvalue weighted by atomic mass is 19.4. The first-order chi connectivity index (χ1) is 7.55. The minimum Gasteiger partial charge on any atom is -0.314 e. The van der Waals surface area contributed by atoms with Crippen LogP contribution in [-0.2, 0) is 6.18 Å². The molecule has 0 saturated carbocycles. The Balaban J connectivity index is 2.09. The van der Waals surface area contributed by atoms with Crippen LogP contribution in [0.3, 0.4) is 0 Å². The van der Waals surface area contributed by atoms with Gasteiger partial charge in [0, 0.05) is 24.6 Å². The number of alkyl halides is 3. The van der Waals surface area contributed by atoms with Crippen molar-refractivity contribution in [3.63, 3.8) is 0 Å². The number of hydrogen-bond acceptors (Lipinski definition) is 1. The van der Waals surface area contributed by atoms with E-state index in [1.54, 1.807) is 0 Å². The van der Waals surface area contributed by atoms with E-state index < -0.39 is 11.7 Å². The van der Waals surface area contributed by atoms with Crippen molar-refractivity contribution >= 4 is 0 Å². The zero-order valence-corrected chi connectivity index (χ0v) is 8.43. The lowest BCUT2D eigenvalue weighted by atomic mass is 10.0. The lowest BCUT2D eigenvalue weighted by molar-refractivity contribution is -0.137. The number of benzene rings is 1. The fourth-order valence-corrected chi connectivity index (χ4v) is 1.32. The minimum atomic E-state index is -4.27. The first-order valence-electron chi connectivity index (χ1n) is 4.95. The third-order valence-corrected chi connectivity index (χ3v) is 2.41. The number of nitrogens with one attached hydrogen (secondary N) is 1. The predicted octanol–water partition coefficient (Wildman–Crippen LogP) is 2.28. The average molecular weight is 225 g/mol. The fraction of sp³-hybridized carbons (Fsp3) is 0.333. The smallest absolute Gasteiger partial charge is 0.314 e. The highest BCUT2D eigenvalue weighted by Crippen LogP contribution is 2.28. The molecule has 1 aromatic rings. The summed E-state index contributed by atoms with van der Waals surface area (Å²) >= 11 is 0. The predicted molar refractivity (Wildman–Crippen MR) is 54.7 cm³/mol. The monoisotopic (exact) mass is 225 g/mol. The van der Waals surface area contributed by atoms with Crippen LogP contribution in [-0.4, -0.2) is 13.1 Å². The largest absolute Gasteiger partial charge is 0.416 e. The topological polar surface area (TPSA) is 12.0 Å². The maximum absolute atomic E-state index is 12.3. The number of halogens is 3. The van der Waals surface area contributed by atoms with Crippen LogP contribution in [0.15, 0.2) is 24.3 Å². The van der Waals surface area contributed by atoms with Crippen molar-refractivity contribution in [1.29, 1.82) is 0 Å². The second kappa shape index (κ2) is 4.18. The van der Waals surface area contributed by atoms with Gasteiger partial charge in [0.05, 0.1) is 5.56 Å². The van der Waals surface area contributed by atoms with Gasteiger partial charge in [0.2, 0.25) is 0 Å². The molecule has 1 aromatic carbocycles. The summed E-state index contributed by atoms with van der Waals surface area (Å²) in [6.07, 6.45) is -4.27. The van der Waals surface area contributed by atoms with Crippen molar-refractivity contribution in [2.24, 2.45) is 5.92 Å². The standard InChI is InChI=1S/C12H10F3N/c13-12(14,15)11-5-3-9(4-6-11)1-2-10-7-16-8-10/h3-6,10,16H,7-8H2. The van der Waals surface area contributed by atoms with Gasteiger partial charge in [0.25, 0.3) is 0 Å². The molecule has 0 aliphatic carbocycles. The molecule has 1 nitrogen and oxygen atoms in total. The molecule has 1 N–H and O–H groups in total. The highest BCUT2D eigenvalue weighted by molar-refractivity contribution is 5.37. The van der Waals surface area contributed by atoms with Crippen molar-refractivity contribution in [3.05, 3.63) is 35.4 Å². The van der Waals surface area contributed by atoms with Crippen molar-refractivity contribution < 1.29 is 13.2 Å². The molecule has 0 atom stereocenters. The van der Waals surface area contributed by atoms with E-state index in [-0.39, 0.29) is 0 Å². The van der Waals surface area contributed by atoms with Crippen LogP contribution in [0.5, 0.6) is 0 Å². The summed E-state index contributed by atoms with van der Waals surface area (Å²) in [6, 6.07) is 4.93. The average Bonchev–Trinajstić information content (AvgIpc) is 2.15. The Morgan fingerprint density at radius 3 is 2.19 bits per heavy atom. The molecule has 84 valence electrons. The summed E-state index contributed by atoms with van der Waals surface area (Å²) in [7, 11) is 0. The van der Waals surface area contributed by atoms with Crippen LogP contribution in [0.2, 0.25) is 0 Å². The Kier molecular flexibility index (Phi) is 2.88. The van der Waals surface area contributed by atoms with E-state index >= 15 is 0 Å². The van der Waals surface area contributed by atoms with E-state index in [1.165, 1.54) is 12.1 Å². The molecule has 1 fully saturated rings. The summed E-state index contributed by atoms with van der Waals surface area (Å²) < 4.78 is 36.8. The molecule has 16 heavy (non-hydrogen) atoms. The highest BCUT2D eigenvalue weighted by Gasteiger charge is 2.29. The molecular weight excluding hydrogens is 215 g/mol. The number of rotatable bonds is 0. The molecule has 0 spiro atoms. The molecule has 1 heterocycles. The Morgan fingerprint density at radius 1 is 1.12 bits per heavy atom. The molecule has 4 heteroatoms. The summed E-state index contributed by atoms with van der Waals surface area (Å²) in [5.41, 5.74) is -0.0109. The van der Waals surface area contributed by atoms with Gasteiger partial charge >= 0.3 is 6.18 Å². The lowest BCUT2D eigenvalue weighted by Gasteiger charge is -2.21. The summed E-state index contributed by atoms with van der Waals surface area (Å²) in [5.74, 6) is 6.20. The van der Waals surface area contributed by atoms with Crippen molar-refractivity contribution in [2.75, 3.05) is 13.1 Å². The van der Waals surface area contributed by atoms with E-state index in [0.717, 1.165) is 25.2 Å². The second-order valence-corrected chi connectivity index (χ2v) is 3.70. The summed E-state index contributed by atoms with van der Waals surface area (Å²) in [4.78, 5) is 0. The van der Waals surface area contributed by atoms with Gasteiger partial charge in [-0.3, -0.25) is 0 Å². The van der Waals surface area contributed by atoms with E-state index in [9.17, 15) is 13.2 Å². The molecule has 0 amide bonds. The Hall–Kier alpha value is -1.47. The maximum atomic E-state index is 12.3. The van der Waals surface area contributed by atoms with Crippen molar-refractivity contribution in [1.82, 2.24) is 5.32 Å². The van der Waals surface area contributed by atoms with Gasteiger partial charge in [-0.25, -0.2) is 0 Å². The van der Waals surface area contributed by atoms with Crippen LogP contribution in [0, 0.1) is 17.8 Å². The zero-order valence-electron chi connectivity index (χ0n) is 8.43. The molecule has 0 bridgehead atoms. The molecular formula is C12H10F3N. The Labute approximate surface area is 91.7 Å². The third-order valence-electron chi connectivity index (χ3n) is 2.41. The van der Waals surface area contributed by atoms with Crippen LogP contribution >= 0.6 is 0 Å². The van der Waals surface area contributed by atoms with Crippen LogP contribution in [0.4, 0.5) is 13.2 Å². The first kappa shape index (κ1) is 11.0. The van der Waals surface area contributed by atoms with Gasteiger partial charge in [-0.15, -0.1) is 0 Å². The molecule has 1 saturated heterocycles. The van der Waals surface area contributed by atoms with Gasteiger partial charge in [0.1, 0.15) is 0 Å². The van der Waals surface area contributed by atoms with E-state index in [2.05, 4.69) is 17.2 Å². The Morgan fingerprint density at radius 2 is 1.75 bits per heavy atom. The summed E-state index contributed by atoms with van der Waals surface area (Å²) in [6.45, 7) is 1.74. The van der Waals surface area contributed by atoms with Crippen molar-refractivity contribution in [2.45, 2.75) is 6.18 Å². The van der Waals surface area contributed by atoms with Gasteiger partial charge < -0.3 is 5.32 Å². The SMILES string of the molecule is FC(F)(F)c1ccc(C#CC2CNC2)cc1. The summed E-state index contributed by atoms with van der Waals surface area (Å²) in [5, 5.41) is 3.08. The fourth-order valence-electron chi connectivity index (χ4n) is 1.32.